The molecule has 0 spiro atoms. The minimum Gasteiger partial charge on any atom is -0.496 e. The average Bonchev–Trinajstić information content (AvgIpc) is 2.97. The number of benzene rings is 1. The van der Waals surface area contributed by atoms with Crippen molar-refractivity contribution < 1.29 is 14.3 Å². The molecule has 4 nitrogen and oxygen atoms in total. The van der Waals surface area contributed by atoms with E-state index in [1.807, 2.05) is 18.2 Å². The van der Waals surface area contributed by atoms with Crippen LogP contribution in [0.2, 0.25) is 0 Å². The van der Waals surface area contributed by atoms with Crippen LogP contribution in [0.5, 0.6) is 5.75 Å². The Hall–Kier alpha value is -1.81. The van der Waals surface area contributed by atoms with Crippen LogP contribution in [0.4, 0.5) is 0 Å². The minimum absolute atomic E-state index is 0.00680. The lowest BCUT2D eigenvalue weighted by Gasteiger charge is -2.50. The number of carbonyl (C=O) groups excluding carboxylic acids is 1. The number of esters is 1. The average molecular weight is 384 g/mol. The molecule has 2 saturated carbocycles. The summed E-state index contributed by atoms with van der Waals surface area (Å²) in [5.41, 5.74) is 2.86. The molecule has 3 aliphatic rings. The van der Waals surface area contributed by atoms with Gasteiger partial charge >= 0.3 is 5.97 Å². The van der Waals surface area contributed by atoms with Gasteiger partial charge in [-0.05, 0) is 68.0 Å². The molecule has 5 atom stereocenters. The predicted molar refractivity (Wildman–Crippen MR) is 110 cm³/mol. The highest BCUT2D eigenvalue weighted by Crippen LogP contribution is 2.56. The summed E-state index contributed by atoms with van der Waals surface area (Å²) in [7, 11) is 1.71. The van der Waals surface area contributed by atoms with Crippen molar-refractivity contribution in [3.8, 4) is 5.75 Å². The van der Waals surface area contributed by atoms with Gasteiger partial charge < -0.3 is 14.8 Å². The molecule has 0 bridgehead atoms. The van der Waals surface area contributed by atoms with Crippen molar-refractivity contribution in [2.45, 2.75) is 51.6 Å². The number of fused-ring (bicyclic) bond motifs is 2. The standard InChI is InChI=1S/C24H33NO3/c1-16-7-6-11-24(2)14-22-18(13-20(16)24)19(23(26)28-22)15-25-12-10-17-8-4-5-9-21(17)27-3/h4-5,8-9,18-20,22,25H,1,6-7,10-15H2,2-3H3/t18?,19-,20?,22-,24-/m1/s1. The molecule has 0 amide bonds. The van der Waals surface area contributed by atoms with Gasteiger partial charge in [-0.3, -0.25) is 4.79 Å². The second kappa shape index (κ2) is 7.90. The lowest BCUT2D eigenvalue weighted by molar-refractivity contribution is -0.146. The summed E-state index contributed by atoms with van der Waals surface area (Å²) in [6.07, 6.45) is 6.66. The molecule has 1 aromatic carbocycles. The summed E-state index contributed by atoms with van der Waals surface area (Å²) in [4.78, 5) is 12.6. The molecular formula is C24H33NO3. The first-order chi connectivity index (χ1) is 13.5. The van der Waals surface area contributed by atoms with Crippen LogP contribution < -0.4 is 10.1 Å². The van der Waals surface area contributed by atoms with Crippen molar-refractivity contribution >= 4 is 5.97 Å². The molecule has 1 aliphatic heterocycles. The topological polar surface area (TPSA) is 47.6 Å². The number of ether oxygens (including phenoxy) is 2. The summed E-state index contributed by atoms with van der Waals surface area (Å²) in [5, 5.41) is 3.50. The molecule has 152 valence electrons. The Morgan fingerprint density at radius 3 is 3.00 bits per heavy atom. The van der Waals surface area contributed by atoms with E-state index in [1.54, 1.807) is 7.11 Å². The van der Waals surface area contributed by atoms with Crippen molar-refractivity contribution in [2.75, 3.05) is 20.2 Å². The van der Waals surface area contributed by atoms with Gasteiger partial charge in [-0.1, -0.05) is 37.3 Å². The summed E-state index contributed by atoms with van der Waals surface area (Å²) in [6.45, 7) is 8.28. The summed E-state index contributed by atoms with van der Waals surface area (Å²) in [5.74, 6) is 1.77. The van der Waals surface area contributed by atoms with E-state index in [9.17, 15) is 4.79 Å². The molecule has 1 N–H and O–H groups in total. The number of hydrogen-bond donors (Lipinski definition) is 1. The second-order valence-electron chi connectivity index (χ2n) is 9.17. The third-order valence-electron chi connectivity index (χ3n) is 7.45. The SMILES string of the molecule is C=C1CCC[C@]2(C)C[C@H]3OC(=O)[C@H](CNCCc4ccccc4OC)C3CC12. The van der Waals surface area contributed by atoms with E-state index in [0.717, 1.165) is 38.0 Å². The van der Waals surface area contributed by atoms with Gasteiger partial charge in [-0.15, -0.1) is 0 Å². The zero-order valence-electron chi connectivity index (χ0n) is 17.2. The molecule has 4 rings (SSSR count). The Labute approximate surface area is 168 Å². The normalized spacial score (nSPS) is 34.5. The third kappa shape index (κ3) is 3.59. The Kier molecular flexibility index (Phi) is 5.50. The molecule has 0 radical (unpaired) electrons. The predicted octanol–water partition coefficient (Wildman–Crippen LogP) is 4.14. The second-order valence-corrected chi connectivity index (χ2v) is 9.17. The summed E-state index contributed by atoms with van der Waals surface area (Å²) < 4.78 is 11.3. The van der Waals surface area contributed by atoms with Gasteiger partial charge in [0.05, 0.1) is 13.0 Å². The van der Waals surface area contributed by atoms with Crippen LogP contribution in [0.15, 0.2) is 36.4 Å². The van der Waals surface area contributed by atoms with Crippen molar-refractivity contribution in [2.24, 2.45) is 23.2 Å². The zero-order chi connectivity index (χ0) is 19.7. The number of methoxy groups -OCH3 is 1. The highest BCUT2D eigenvalue weighted by molar-refractivity contribution is 5.75. The zero-order valence-corrected chi connectivity index (χ0v) is 17.2. The third-order valence-corrected chi connectivity index (χ3v) is 7.45. The lowest BCUT2D eigenvalue weighted by atomic mass is 9.55. The van der Waals surface area contributed by atoms with Gasteiger partial charge in [-0.2, -0.15) is 0 Å². The van der Waals surface area contributed by atoms with Crippen molar-refractivity contribution in [3.63, 3.8) is 0 Å². The fraction of sp³-hybridized carbons (Fsp3) is 0.625. The van der Waals surface area contributed by atoms with Crippen LogP contribution in [0.3, 0.4) is 0 Å². The van der Waals surface area contributed by atoms with Crippen molar-refractivity contribution in [1.29, 1.82) is 0 Å². The molecule has 0 aromatic heterocycles. The number of allylic oxidation sites excluding steroid dienone is 1. The monoisotopic (exact) mass is 383 g/mol. The quantitative estimate of drug-likeness (QED) is 0.456. The Bertz CT molecular complexity index is 745. The van der Waals surface area contributed by atoms with E-state index in [4.69, 9.17) is 9.47 Å². The van der Waals surface area contributed by atoms with Crippen LogP contribution in [-0.4, -0.2) is 32.3 Å². The van der Waals surface area contributed by atoms with Crippen LogP contribution in [-0.2, 0) is 16.0 Å². The van der Waals surface area contributed by atoms with Gasteiger partial charge in [0.25, 0.3) is 0 Å². The van der Waals surface area contributed by atoms with Crippen LogP contribution in [0, 0.1) is 23.2 Å². The molecule has 28 heavy (non-hydrogen) atoms. The Morgan fingerprint density at radius 1 is 1.36 bits per heavy atom. The minimum atomic E-state index is -0.0260. The number of rotatable bonds is 6. The molecular weight excluding hydrogens is 350 g/mol. The van der Waals surface area contributed by atoms with Gasteiger partial charge in [-0.25, -0.2) is 0 Å². The molecule has 2 aliphatic carbocycles. The molecule has 1 aromatic rings. The van der Waals surface area contributed by atoms with Crippen LogP contribution in [0.25, 0.3) is 0 Å². The molecule has 3 fully saturated rings. The molecule has 1 saturated heterocycles. The number of nitrogens with one attached hydrogen (secondary N) is 1. The Morgan fingerprint density at radius 2 is 2.18 bits per heavy atom. The maximum absolute atomic E-state index is 12.6. The highest BCUT2D eigenvalue weighted by Gasteiger charge is 2.54. The highest BCUT2D eigenvalue weighted by atomic mass is 16.6. The first-order valence-corrected chi connectivity index (χ1v) is 10.7. The molecule has 4 heteroatoms. The Balaban J connectivity index is 1.35. The molecule has 2 unspecified atom stereocenters. The van der Waals surface area contributed by atoms with Crippen LogP contribution in [0.1, 0.15) is 44.6 Å². The van der Waals surface area contributed by atoms with E-state index in [0.29, 0.717) is 18.4 Å². The fourth-order valence-electron chi connectivity index (χ4n) is 5.88. The van der Waals surface area contributed by atoms with E-state index >= 15 is 0 Å². The molecule has 1 heterocycles. The lowest BCUT2D eigenvalue weighted by Crippen LogP contribution is -2.45. The van der Waals surface area contributed by atoms with Gasteiger partial charge in [0.2, 0.25) is 0 Å². The number of carbonyl (C=O) groups is 1. The number of para-hydroxylation sites is 1. The van der Waals surface area contributed by atoms with E-state index in [2.05, 4.69) is 24.9 Å². The summed E-state index contributed by atoms with van der Waals surface area (Å²) in [6, 6.07) is 8.11. The van der Waals surface area contributed by atoms with E-state index in [-0.39, 0.29) is 23.4 Å². The van der Waals surface area contributed by atoms with E-state index in [1.165, 1.54) is 24.0 Å². The first-order valence-electron chi connectivity index (χ1n) is 10.7. The summed E-state index contributed by atoms with van der Waals surface area (Å²) >= 11 is 0. The largest absolute Gasteiger partial charge is 0.496 e. The maximum atomic E-state index is 12.6. The number of hydrogen-bond acceptors (Lipinski definition) is 4. The van der Waals surface area contributed by atoms with Gasteiger partial charge in [0.15, 0.2) is 0 Å². The van der Waals surface area contributed by atoms with Gasteiger partial charge in [0.1, 0.15) is 11.9 Å². The maximum Gasteiger partial charge on any atom is 0.310 e. The smallest absolute Gasteiger partial charge is 0.310 e. The van der Waals surface area contributed by atoms with E-state index < -0.39 is 0 Å². The van der Waals surface area contributed by atoms with Gasteiger partial charge in [0, 0.05) is 12.5 Å². The van der Waals surface area contributed by atoms with Crippen molar-refractivity contribution in [3.05, 3.63) is 42.0 Å². The first kappa shape index (κ1) is 19.5. The van der Waals surface area contributed by atoms with Crippen LogP contribution >= 0.6 is 0 Å². The fourth-order valence-corrected chi connectivity index (χ4v) is 5.88. The van der Waals surface area contributed by atoms with Crippen molar-refractivity contribution in [1.82, 2.24) is 5.32 Å².